The van der Waals surface area contributed by atoms with E-state index in [9.17, 15) is 0 Å². The predicted molar refractivity (Wildman–Crippen MR) is 37.2 cm³/mol. The summed E-state index contributed by atoms with van der Waals surface area (Å²) in [5.74, 6) is 0. The van der Waals surface area contributed by atoms with E-state index >= 15 is 0 Å². The summed E-state index contributed by atoms with van der Waals surface area (Å²) in [5, 5.41) is 18.3. The van der Waals surface area contributed by atoms with Crippen LogP contribution in [0.5, 0.6) is 0 Å². The summed E-state index contributed by atoms with van der Waals surface area (Å²) in [4.78, 5) is 0. The van der Waals surface area contributed by atoms with Crippen LogP contribution in [0.1, 0.15) is 12.8 Å². The van der Waals surface area contributed by atoms with Crippen LogP contribution in [0, 0.1) is 0 Å². The van der Waals surface area contributed by atoms with Gasteiger partial charge in [-0.2, -0.15) is 0 Å². The van der Waals surface area contributed by atoms with E-state index < -0.39 is 18.2 Å². The third-order valence-corrected chi connectivity index (χ3v) is 1.98. The standard InChI is InChI=1S/C6H14N2O2/c7-3-1-4(9)6(8)5(10)2-3/h3-6,9-10H,1-2,7-8H2/t3?,4-,5+,6?. The fourth-order valence-electron chi connectivity index (χ4n) is 1.29. The molecule has 0 heterocycles. The van der Waals surface area contributed by atoms with Crippen molar-refractivity contribution in [3.8, 4) is 0 Å². The number of aliphatic hydroxyl groups is 2. The van der Waals surface area contributed by atoms with Crippen molar-refractivity contribution in [2.24, 2.45) is 11.5 Å². The minimum absolute atomic E-state index is 0.107. The highest BCUT2D eigenvalue weighted by Gasteiger charge is 2.31. The van der Waals surface area contributed by atoms with E-state index in [4.69, 9.17) is 21.7 Å². The Balaban J connectivity index is 2.49. The van der Waals surface area contributed by atoms with Crippen LogP contribution in [0.3, 0.4) is 0 Å². The van der Waals surface area contributed by atoms with Gasteiger partial charge in [0.15, 0.2) is 0 Å². The fraction of sp³-hybridized carbons (Fsp3) is 1.00. The van der Waals surface area contributed by atoms with Crippen molar-refractivity contribution in [1.29, 1.82) is 0 Å². The molecule has 0 radical (unpaired) electrons. The molecule has 0 aliphatic heterocycles. The molecule has 1 aliphatic carbocycles. The molecular formula is C6H14N2O2. The number of rotatable bonds is 0. The van der Waals surface area contributed by atoms with Crippen LogP contribution in [-0.4, -0.2) is 34.5 Å². The van der Waals surface area contributed by atoms with Crippen LogP contribution >= 0.6 is 0 Å². The van der Waals surface area contributed by atoms with E-state index in [1.54, 1.807) is 0 Å². The number of aliphatic hydroxyl groups excluding tert-OH is 2. The Morgan fingerprint density at radius 2 is 1.40 bits per heavy atom. The van der Waals surface area contributed by atoms with Crippen molar-refractivity contribution in [1.82, 2.24) is 0 Å². The summed E-state index contributed by atoms with van der Waals surface area (Å²) in [5.41, 5.74) is 10.9. The second kappa shape index (κ2) is 2.84. The molecule has 4 heteroatoms. The van der Waals surface area contributed by atoms with E-state index in [0.717, 1.165) is 0 Å². The Labute approximate surface area is 59.8 Å². The lowest BCUT2D eigenvalue weighted by molar-refractivity contribution is 0.00981. The minimum atomic E-state index is -0.640. The Kier molecular flexibility index (Phi) is 2.25. The maximum atomic E-state index is 9.15. The molecule has 4 nitrogen and oxygen atoms in total. The van der Waals surface area contributed by atoms with E-state index in [1.807, 2.05) is 0 Å². The van der Waals surface area contributed by atoms with Crippen LogP contribution in [0.15, 0.2) is 0 Å². The molecular weight excluding hydrogens is 132 g/mol. The molecule has 1 fully saturated rings. The molecule has 0 aromatic heterocycles. The van der Waals surface area contributed by atoms with E-state index in [-0.39, 0.29) is 6.04 Å². The predicted octanol–water partition coefficient (Wildman–Crippen LogP) is -1.84. The van der Waals surface area contributed by atoms with Gasteiger partial charge in [0.05, 0.1) is 18.2 Å². The highest BCUT2D eigenvalue weighted by atomic mass is 16.3. The maximum absolute atomic E-state index is 9.15. The molecule has 1 aliphatic rings. The Morgan fingerprint density at radius 3 is 1.80 bits per heavy atom. The zero-order valence-corrected chi connectivity index (χ0v) is 5.77. The number of nitrogens with two attached hydrogens (primary N) is 2. The van der Waals surface area contributed by atoms with Gasteiger partial charge in [-0.3, -0.25) is 0 Å². The van der Waals surface area contributed by atoms with Crippen molar-refractivity contribution < 1.29 is 10.2 Å². The molecule has 0 aromatic rings. The summed E-state index contributed by atoms with van der Waals surface area (Å²) < 4.78 is 0. The third kappa shape index (κ3) is 1.46. The lowest BCUT2D eigenvalue weighted by Gasteiger charge is -2.32. The first-order valence-corrected chi connectivity index (χ1v) is 3.48. The molecule has 1 saturated carbocycles. The first-order chi connectivity index (χ1) is 4.61. The van der Waals surface area contributed by atoms with Crippen molar-refractivity contribution in [3.05, 3.63) is 0 Å². The van der Waals surface area contributed by atoms with Gasteiger partial charge in [-0.1, -0.05) is 0 Å². The van der Waals surface area contributed by atoms with Gasteiger partial charge >= 0.3 is 0 Å². The minimum Gasteiger partial charge on any atom is -0.391 e. The summed E-state index contributed by atoms with van der Waals surface area (Å²) in [6.45, 7) is 0. The zero-order valence-electron chi connectivity index (χ0n) is 5.77. The number of hydrogen-bond acceptors (Lipinski definition) is 4. The monoisotopic (exact) mass is 146 g/mol. The highest BCUT2D eigenvalue weighted by molar-refractivity contribution is 4.90. The summed E-state index contributed by atoms with van der Waals surface area (Å²) in [7, 11) is 0. The van der Waals surface area contributed by atoms with Crippen molar-refractivity contribution in [2.45, 2.75) is 37.1 Å². The molecule has 0 amide bonds. The summed E-state index contributed by atoms with van der Waals surface area (Å²) in [6, 6.07) is -0.621. The van der Waals surface area contributed by atoms with Crippen LogP contribution in [0.4, 0.5) is 0 Å². The molecule has 60 valence electrons. The molecule has 6 N–H and O–H groups in total. The van der Waals surface area contributed by atoms with Crippen LogP contribution < -0.4 is 11.5 Å². The maximum Gasteiger partial charge on any atom is 0.0731 e. The quantitative estimate of drug-likeness (QED) is 0.323. The Bertz CT molecular complexity index is 108. The second-order valence-electron chi connectivity index (χ2n) is 2.94. The van der Waals surface area contributed by atoms with Gasteiger partial charge in [0.25, 0.3) is 0 Å². The normalized spacial score (nSPS) is 49.2. The molecule has 4 atom stereocenters. The van der Waals surface area contributed by atoms with Gasteiger partial charge in [-0.25, -0.2) is 0 Å². The van der Waals surface area contributed by atoms with Crippen molar-refractivity contribution in [2.75, 3.05) is 0 Å². The molecule has 0 spiro atoms. The summed E-state index contributed by atoms with van der Waals surface area (Å²) >= 11 is 0. The van der Waals surface area contributed by atoms with Crippen molar-refractivity contribution >= 4 is 0 Å². The number of hydrogen-bond donors (Lipinski definition) is 4. The van der Waals surface area contributed by atoms with E-state index in [2.05, 4.69) is 0 Å². The SMILES string of the molecule is NC1C[C@@H](O)C(N)[C@@H](O)C1. The van der Waals surface area contributed by atoms with Gasteiger partial charge < -0.3 is 21.7 Å². The van der Waals surface area contributed by atoms with Gasteiger partial charge in [-0.05, 0) is 12.8 Å². The van der Waals surface area contributed by atoms with Gasteiger partial charge in [0.1, 0.15) is 0 Å². The van der Waals surface area contributed by atoms with E-state index in [1.165, 1.54) is 0 Å². The molecule has 0 saturated heterocycles. The smallest absolute Gasteiger partial charge is 0.0731 e. The first-order valence-electron chi connectivity index (χ1n) is 3.48. The molecule has 1 rings (SSSR count). The van der Waals surface area contributed by atoms with Gasteiger partial charge in [-0.15, -0.1) is 0 Å². The van der Waals surface area contributed by atoms with Crippen LogP contribution in [-0.2, 0) is 0 Å². The highest BCUT2D eigenvalue weighted by Crippen LogP contribution is 2.16. The molecule has 10 heavy (non-hydrogen) atoms. The van der Waals surface area contributed by atoms with Crippen molar-refractivity contribution in [3.63, 3.8) is 0 Å². The fourth-order valence-corrected chi connectivity index (χ4v) is 1.29. The second-order valence-corrected chi connectivity index (χ2v) is 2.94. The zero-order chi connectivity index (χ0) is 7.72. The topological polar surface area (TPSA) is 92.5 Å². The Morgan fingerprint density at radius 1 is 1.00 bits per heavy atom. The molecule has 0 aromatic carbocycles. The lowest BCUT2D eigenvalue weighted by atomic mass is 9.87. The van der Waals surface area contributed by atoms with Crippen LogP contribution in [0.25, 0.3) is 0 Å². The summed E-state index contributed by atoms with van der Waals surface area (Å²) in [6.07, 6.45) is -0.284. The molecule has 2 unspecified atom stereocenters. The first kappa shape index (κ1) is 7.94. The average molecular weight is 146 g/mol. The third-order valence-electron chi connectivity index (χ3n) is 1.98. The van der Waals surface area contributed by atoms with Crippen LogP contribution in [0.2, 0.25) is 0 Å². The Hall–Kier alpha value is -0.160. The molecule has 0 bridgehead atoms. The largest absolute Gasteiger partial charge is 0.391 e. The van der Waals surface area contributed by atoms with E-state index in [0.29, 0.717) is 12.8 Å². The lowest BCUT2D eigenvalue weighted by Crippen LogP contribution is -2.53. The average Bonchev–Trinajstić information content (AvgIpc) is 1.82. The van der Waals surface area contributed by atoms with Gasteiger partial charge in [0, 0.05) is 6.04 Å². The van der Waals surface area contributed by atoms with Gasteiger partial charge in [0.2, 0.25) is 0 Å².